The first-order valence-electron chi connectivity index (χ1n) is 20.0. The fourth-order valence-corrected chi connectivity index (χ4v) is 9.18. The molecule has 276 valence electrons. The van der Waals surface area contributed by atoms with Gasteiger partial charge in [0.2, 0.25) is 0 Å². The summed E-state index contributed by atoms with van der Waals surface area (Å²) in [5.74, 6) is 0.813. The van der Waals surface area contributed by atoms with Gasteiger partial charge in [-0.2, -0.15) is 0 Å². The normalized spacial score (nSPS) is 11.7. The van der Waals surface area contributed by atoms with E-state index in [0.717, 1.165) is 83.9 Å². The molecule has 0 spiro atoms. The Morgan fingerprint density at radius 1 is 0.322 bits per heavy atom. The van der Waals surface area contributed by atoms with Gasteiger partial charge in [0.25, 0.3) is 0 Å². The highest BCUT2D eigenvalue weighted by molar-refractivity contribution is 6.11. The Hall–Kier alpha value is -8.02. The van der Waals surface area contributed by atoms with Crippen molar-refractivity contribution in [1.82, 2.24) is 23.7 Å². The summed E-state index contributed by atoms with van der Waals surface area (Å²) in [6.45, 7) is 0. The van der Waals surface area contributed by atoms with Crippen LogP contribution < -0.4 is 0 Å². The van der Waals surface area contributed by atoms with Crippen molar-refractivity contribution in [3.05, 3.63) is 212 Å². The number of hydrogen-bond acceptors (Lipinski definition) is 2. The average molecular weight is 754 g/mol. The highest BCUT2D eigenvalue weighted by Crippen LogP contribution is 2.41. The van der Waals surface area contributed by atoms with Crippen LogP contribution in [0.1, 0.15) is 0 Å². The molecule has 5 heteroatoms. The Morgan fingerprint density at radius 3 is 1.32 bits per heavy atom. The van der Waals surface area contributed by atoms with E-state index in [1.807, 2.05) is 6.20 Å². The lowest BCUT2D eigenvalue weighted by Gasteiger charge is -2.16. The summed E-state index contributed by atoms with van der Waals surface area (Å²) >= 11 is 0. The Bertz CT molecular complexity index is 3320. The van der Waals surface area contributed by atoms with Gasteiger partial charge in [-0.15, -0.1) is 0 Å². The van der Waals surface area contributed by atoms with Gasteiger partial charge in [0.15, 0.2) is 5.65 Å². The molecule has 0 bridgehead atoms. The quantitative estimate of drug-likeness (QED) is 0.170. The maximum absolute atomic E-state index is 5.65. The summed E-state index contributed by atoms with van der Waals surface area (Å²) in [4.78, 5) is 10.7. The SMILES string of the molecule is c1ccc(-c2ccccc2-c2ccnc3c2nc(-c2cc(-n4c5ccccc5c5ccccc54)cc(-n4c5ccccc5c5ccccc54)c2)n3-c2ccccc2)cc1. The number of para-hydroxylation sites is 5. The topological polar surface area (TPSA) is 40.6 Å². The highest BCUT2D eigenvalue weighted by Gasteiger charge is 2.23. The predicted molar refractivity (Wildman–Crippen MR) is 244 cm³/mol. The Labute approximate surface area is 340 Å². The molecule has 0 saturated heterocycles. The number of benzene rings is 8. The molecule has 0 aliphatic carbocycles. The largest absolute Gasteiger partial charge is 0.309 e. The van der Waals surface area contributed by atoms with Gasteiger partial charge in [-0.05, 0) is 77.4 Å². The molecule has 59 heavy (non-hydrogen) atoms. The number of fused-ring (bicyclic) bond motifs is 7. The summed E-state index contributed by atoms with van der Waals surface area (Å²) in [7, 11) is 0. The van der Waals surface area contributed by atoms with Gasteiger partial charge in [0.05, 0.1) is 22.1 Å². The van der Waals surface area contributed by atoms with Crippen LogP contribution in [0.25, 0.3) is 105 Å². The van der Waals surface area contributed by atoms with E-state index in [1.54, 1.807) is 0 Å². The number of rotatable bonds is 6. The zero-order valence-corrected chi connectivity index (χ0v) is 31.9. The summed E-state index contributed by atoms with van der Waals surface area (Å²) in [5, 5.41) is 4.87. The van der Waals surface area contributed by atoms with Gasteiger partial charge >= 0.3 is 0 Å². The van der Waals surface area contributed by atoms with Crippen LogP contribution in [0.2, 0.25) is 0 Å². The lowest BCUT2D eigenvalue weighted by Crippen LogP contribution is -2.03. The third-order valence-corrected chi connectivity index (χ3v) is 11.7. The van der Waals surface area contributed by atoms with E-state index in [9.17, 15) is 0 Å². The number of hydrogen-bond donors (Lipinski definition) is 0. The van der Waals surface area contributed by atoms with Crippen molar-refractivity contribution in [2.24, 2.45) is 0 Å². The second-order valence-electron chi connectivity index (χ2n) is 15.0. The molecule has 0 fully saturated rings. The zero-order valence-electron chi connectivity index (χ0n) is 31.9. The molecule has 0 N–H and O–H groups in total. The molecule has 4 aromatic heterocycles. The van der Waals surface area contributed by atoms with Crippen LogP contribution in [0.3, 0.4) is 0 Å². The third-order valence-electron chi connectivity index (χ3n) is 11.7. The van der Waals surface area contributed by atoms with E-state index in [1.165, 1.54) is 21.5 Å². The molecule has 0 aliphatic heterocycles. The van der Waals surface area contributed by atoms with Crippen molar-refractivity contribution in [3.63, 3.8) is 0 Å². The second kappa shape index (κ2) is 13.3. The number of imidazole rings is 1. The minimum absolute atomic E-state index is 0.798. The van der Waals surface area contributed by atoms with Crippen molar-refractivity contribution in [2.45, 2.75) is 0 Å². The second-order valence-corrected chi connectivity index (χ2v) is 15.0. The van der Waals surface area contributed by atoms with Gasteiger partial charge in [0.1, 0.15) is 11.3 Å². The smallest absolute Gasteiger partial charge is 0.165 e. The van der Waals surface area contributed by atoms with Crippen molar-refractivity contribution < 1.29 is 0 Å². The maximum Gasteiger partial charge on any atom is 0.165 e. The van der Waals surface area contributed by atoms with E-state index in [-0.39, 0.29) is 0 Å². The molecular weight excluding hydrogens is 719 g/mol. The highest BCUT2D eigenvalue weighted by atomic mass is 15.1. The molecule has 8 aromatic carbocycles. The summed E-state index contributed by atoms with van der Waals surface area (Å²) in [6, 6.07) is 73.5. The summed E-state index contributed by atoms with van der Waals surface area (Å²) < 4.78 is 7.03. The summed E-state index contributed by atoms with van der Waals surface area (Å²) in [6.07, 6.45) is 1.92. The van der Waals surface area contributed by atoms with Gasteiger partial charge in [-0.3, -0.25) is 4.57 Å². The van der Waals surface area contributed by atoms with Crippen LogP contribution in [-0.4, -0.2) is 23.7 Å². The standard InChI is InChI=1S/C54H35N5/c1-3-17-36(18-4-1)41-21-7-8-22-42(41)47-31-32-55-54-52(47)56-53(59(54)38-19-5-2-6-20-38)37-33-39(57-48-27-13-9-23-43(48)44-24-10-14-28-49(44)57)35-40(34-37)58-50-29-15-11-25-45(50)46-26-12-16-30-51(46)58/h1-35H. The van der Waals surface area contributed by atoms with Gasteiger partial charge in [-0.25, -0.2) is 9.97 Å². The number of aromatic nitrogens is 5. The van der Waals surface area contributed by atoms with Crippen LogP contribution in [0.4, 0.5) is 0 Å². The molecule has 0 unspecified atom stereocenters. The Morgan fingerprint density at radius 2 is 0.780 bits per heavy atom. The predicted octanol–water partition coefficient (Wildman–Crippen LogP) is 13.6. The van der Waals surface area contributed by atoms with Crippen molar-refractivity contribution in [3.8, 4) is 50.7 Å². The van der Waals surface area contributed by atoms with E-state index in [4.69, 9.17) is 9.97 Å². The van der Waals surface area contributed by atoms with Crippen LogP contribution in [0, 0.1) is 0 Å². The molecule has 4 heterocycles. The molecule has 12 rings (SSSR count). The molecule has 0 saturated carbocycles. The van der Waals surface area contributed by atoms with Gasteiger partial charge in [-0.1, -0.05) is 146 Å². The first-order chi connectivity index (χ1) is 29.3. The van der Waals surface area contributed by atoms with E-state index >= 15 is 0 Å². The van der Waals surface area contributed by atoms with Crippen molar-refractivity contribution in [1.29, 1.82) is 0 Å². The first kappa shape index (κ1) is 33.2. The first-order valence-corrected chi connectivity index (χ1v) is 20.0. The van der Waals surface area contributed by atoms with Crippen molar-refractivity contribution >= 4 is 54.8 Å². The molecule has 0 atom stereocenters. The minimum Gasteiger partial charge on any atom is -0.309 e. The fourth-order valence-electron chi connectivity index (χ4n) is 9.18. The van der Waals surface area contributed by atoms with E-state index < -0.39 is 0 Å². The molecule has 12 aromatic rings. The fraction of sp³-hybridized carbons (Fsp3) is 0. The number of nitrogens with zero attached hydrogens (tertiary/aromatic N) is 5. The molecule has 5 nitrogen and oxygen atoms in total. The third kappa shape index (κ3) is 5.18. The monoisotopic (exact) mass is 753 g/mol. The van der Waals surface area contributed by atoms with Crippen LogP contribution >= 0.6 is 0 Å². The maximum atomic E-state index is 5.65. The van der Waals surface area contributed by atoms with E-state index in [2.05, 4.69) is 220 Å². The average Bonchev–Trinajstić information content (AvgIpc) is 3.98. The minimum atomic E-state index is 0.798. The molecule has 0 amide bonds. The summed E-state index contributed by atoms with van der Waals surface area (Å²) in [5.41, 5.74) is 14.8. The van der Waals surface area contributed by atoms with E-state index in [0.29, 0.717) is 0 Å². The van der Waals surface area contributed by atoms with Crippen LogP contribution in [0.15, 0.2) is 212 Å². The Kier molecular flexibility index (Phi) is 7.47. The van der Waals surface area contributed by atoms with Crippen LogP contribution in [0.5, 0.6) is 0 Å². The Balaban J connectivity index is 1.20. The number of pyridine rings is 1. The zero-order chi connectivity index (χ0) is 38.9. The van der Waals surface area contributed by atoms with Gasteiger partial charge < -0.3 is 9.13 Å². The molecular formula is C54H35N5. The molecule has 0 aliphatic rings. The lowest BCUT2D eigenvalue weighted by molar-refractivity contribution is 1.07. The van der Waals surface area contributed by atoms with Crippen LogP contribution in [-0.2, 0) is 0 Å². The lowest BCUT2D eigenvalue weighted by atomic mass is 9.95. The molecule has 0 radical (unpaired) electrons. The van der Waals surface area contributed by atoms with Crippen molar-refractivity contribution in [2.75, 3.05) is 0 Å². The van der Waals surface area contributed by atoms with Gasteiger partial charge in [0, 0.05) is 55.9 Å².